The number of carbonyl (C=O) groups is 3. The van der Waals surface area contributed by atoms with Gasteiger partial charge in [0.15, 0.2) is 0 Å². The predicted octanol–water partition coefficient (Wildman–Crippen LogP) is 5.36. The largest absolute Gasteiger partial charge is 0.325 e. The molecule has 1 aromatic heterocycles. The molecular weight excluding hydrogens is 503 g/mol. The Labute approximate surface area is 223 Å². The van der Waals surface area contributed by atoms with Gasteiger partial charge in [-0.15, -0.1) is 11.8 Å². The van der Waals surface area contributed by atoms with Gasteiger partial charge in [0, 0.05) is 34.2 Å². The first-order valence-electron chi connectivity index (χ1n) is 11.5. The average molecular weight is 527 g/mol. The van der Waals surface area contributed by atoms with Crippen LogP contribution in [0.3, 0.4) is 0 Å². The maximum Gasteiger partial charge on any atom is 0.272 e. The molecule has 3 aromatic carbocycles. The van der Waals surface area contributed by atoms with Crippen molar-refractivity contribution in [2.24, 2.45) is 0 Å². The van der Waals surface area contributed by atoms with Gasteiger partial charge in [0.25, 0.3) is 11.8 Å². The number of hydrogen-bond acceptors (Lipinski definition) is 5. The number of nitrogens with one attached hydrogen (secondary N) is 3. The van der Waals surface area contributed by atoms with E-state index in [9.17, 15) is 18.8 Å². The van der Waals surface area contributed by atoms with Crippen LogP contribution in [0, 0.1) is 5.82 Å². The highest BCUT2D eigenvalue weighted by Crippen LogP contribution is 2.21. The van der Waals surface area contributed by atoms with Gasteiger partial charge in [-0.25, -0.2) is 4.39 Å². The van der Waals surface area contributed by atoms with Crippen molar-refractivity contribution in [2.45, 2.75) is 4.90 Å². The number of hydrogen-bond donors (Lipinski definition) is 3. The van der Waals surface area contributed by atoms with E-state index in [-0.39, 0.29) is 23.2 Å². The Bertz CT molecular complexity index is 1430. The Hall–Kier alpha value is -4.76. The maximum atomic E-state index is 13.1. The van der Waals surface area contributed by atoms with Crippen LogP contribution in [0.1, 0.15) is 15.9 Å². The van der Waals surface area contributed by atoms with E-state index >= 15 is 0 Å². The summed E-state index contributed by atoms with van der Waals surface area (Å²) >= 11 is 1.32. The van der Waals surface area contributed by atoms with E-state index in [0.717, 1.165) is 4.90 Å². The van der Waals surface area contributed by atoms with E-state index in [0.29, 0.717) is 22.5 Å². The van der Waals surface area contributed by atoms with Crippen LogP contribution >= 0.6 is 11.8 Å². The van der Waals surface area contributed by atoms with Crippen molar-refractivity contribution in [2.75, 3.05) is 16.4 Å². The lowest BCUT2D eigenvalue weighted by atomic mass is 10.2. The van der Waals surface area contributed by atoms with Gasteiger partial charge < -0.3 is 16.0 Å². The Balaban J connectivity index is 1.38. The third-order valence-corrected chi connectivity index (χ3v) is 6.15. The molecule has 0 aliphatic rings. The summed E-state index contributed by atoms with van der Waals surface area (Å²) in [5, 5.41) is 8.18. The summed E-state index contributed by atoms with van der Waals surface area (Å²) in [5.74, 6) is -1.35. The number of pyridine rings is 1. The Kier molecular flexibility index (Phi) is 8.98. The molecule has 0 saturated heterocycles. The molecule has 0 saturated carbocycles. The second-order valence-corrected chi connectivity index (χ2v) is 9.04. The maximum absolute atomic E-state index is 13.1. The molecule has 3 amide bonds. The van der Waals surface area contributed by atoms with Gasteiger partial charge in [0.1, 0.15) is 11.5 Å². The van der Waals surface area contributed by atoms with Crippen molar-refractivity contribution in [1.29, 1.82) is 0 Å². The van der Waals surface area contributed by atoms with Crippen LogP contribution < -0.4 is 16.0 Å². The fourth-order valence-electron chi connectivity index (χ4n) is 3.28. The summed E-state index contributed by atoms with van der Waals surface area (Å²) in [6.07, 6.45) is 4.75. The molecule has 0 spiro atoms. The van der Waals surface area contributed by atoms with E-state index in [4.69, 9.17) is 0 Å². The lowest BCUT2D eigenvalue weighted by Crippen LogP contribution is -2.30. The Morgan fingerprint density at radius 3 is 2.18 bits per heavy atom. The van der Waals surface area contributed by atoms with Crippen molar-refractivity contribution < 1.29 is 18.8 Å². The molecular formula is C29H23FN4O3S. The van der Waals surface area contributed by atoms with Crippen LogP contribution in [0.4, 0.5) is 15.8 Å². The first kappa shape index (κ1) is 26.3. The van der Waals surface area contributed by atoms with Crippen molar-refractivity contribution in [1.82, 2.24) is 10.3 Å². The summed E-state index contributed by atoms with van der Waals surface area (Å²) < 4.78 is 13.0. The monoisotopic (exact) mass is 526 g/mol. The zero-order valence-corrected chi connectivity index (χ0v) is 20.9. The summed E-state index contributed by atoms with van der Waals surface area (Å²) in [6.45, 7) is 0. The molecule has 3 N–H and O–H groups in total. The quantitative estimate of drug-likeness (QED) is 0.201. The van der Waals surface area contributed by atoms with Crippen LogP contribution in [0.2, 0.25) is 0 Å². The van der Waals surface area contributed by atoms with Crippen LogP contribution in [-0.2, 0) is 9.59 Å². The van der Waals surface area contributed by atoms with Crippen molar-refractivity contribution in [3.8, 4) is 0 Å². The van der Waals surface area contributed by atoms with Gasteiger partial charge in [-0.3, -0.25) is 19.4 Å². The fourth-order valence-corrected chi connectivity index (χ4v) is 3.98. The lowest BCUT2D eigenvalue weighted by molar-refractivity contribution is -0.114. The molecule has 7 nitrogen and oxygen atoms in total. The summed E-state index contributed by atoms with van der Waals surface area (Å²) in [6, 6.07) is 24.6. The minimum Gasteiger partial charge on any atom is -0.325 e. The number of halogens is 1. The van der Waals surface area contributed by atoms with Gasteiger partial charge in [-0.2, -0.15) is 0 Å². The fraction of sp³-hybridized carbons (Fsp3) is 0.0345. The standard InChI is InChI=1S/C29H23FN4O3S/c30-22-8-10-23(11-9-22)32-27(35)19-38-25-14-12-24(13-15-25)33-29(37)26(17-20-5-4-16-31-18-20)34-28(36)21-6-2-1-3-7-21/h1-18H,19H2,(H,32,35)(H,33,37)(H,34,36)/b26-17-. The number of amides is 3. The molecule has 0 fully saturated rings. The Morgan fingerprint density at radius 2 is 1.50 bits per heavy atom. The number of aromatic nitrogens is 1. The molecule has 9 heteroatoms. The SMILES string of the molecule is O=C(CSc1ccc(NC(=O)/C(=C/c2cccnc2)NC(=O)c2ccccc2)cc1)Nc1ccc(F)cc1. The van der Waals surface area contributed by atoms with Crippen molar-refractivity contribution >= 4 is 46.9 Å². The second kappa shape index (κ2) is 13.0. The average Bonchev–Trinajstić information content (AvgIpc) is 2.94. The number of benzene rings is 3. The molecule has 0 aliphatic carbocycles. The van der Waals surface area contributed by atoms with Gasteiger partial charge in [-0.1, -0.05) is 24.3 Å². The molecule has 1 heterocycles. The summed E-state index contributed by atoms with van der Waals surface area (Å²) in [7, 11) is 0. The lowest BCUT2D eigenvalue weighted by Gasteiger charge is -2.12. The van der Waals surface area contributed by atoms with E-state index in [1.165, 1.54) is 36.0 Å². The molecule has 0 bridgehead atoms. The van der Waals surface area contributed by atoms with E-state index in [2.05, 4.69) is 20.9 Å². The summed E-state index contributed by atoms with van der Waals surface area (Å²) in [5.41, 5.74) is 2.16. The van der Waals surface area contributed by atoms with Crippen molar-refractivity contribution in [3.05, 3.63) is 126 Å². The van der Waals surface area contributed by atoms with Crippen LogP contribution in [0.25, 0.3) is 6.08 Å². The molecule has 0 radical (unpaired) electrons. The van der Waals surface area contributed by atoms with Crippen LogP contribution in [0.5, 0.6) is 0 Å². The molecule has 38 heavy (non-hydrogen) atoms. The predicted molar refractivity (Wildman–Crippen MR) is 147 cm³/mol. The molecule has 190 valence electrons. The van der Waals surface area contributed by atoms with Crippen LogP contribution in [0.15, 0.2) is 114 Å². The summed E-state index contributed by atoms with van der Waals surface area (Å²) in [4.78, 5) is 42.8. The topological polar surface area (TPSA) is 100 Å². The number of carbonyl (C=O) groups excluding carboxylic acids is 3. The third kappa shape index (κ3) is 7.87. The number of rotatable bonds is 9. The normalized spacial score (nSPS) is 10.9. The zero-order chi connectivity index (χ0) is 26.7. The van der Waals surface area contributed by atoms with E-state index in [1.54, 1.807) is 85.2 Å². The number of nitrogens with zero attached hydrogens (tertiary/aromatic N) is 1. The highest BCUT2D eigenvalue weighted by atomic mass is 32.2. The smallest absolute Gasteiger partial charge is 0.272 e. The molecule has 0 unspecified atom stereocenters. The van der Waals surface area contributed by atoms with Crippen molar-refractivity contribution in [3.63, 3.8) is 0 Å². The van der Waals surface area contributed by atoms with Gasteiger partial charge >= 0.3 is 0 Å². The third-order valence-electron chi connectivity index (χ3n) is 5.13. The number of thioether (sulfide) groups is 1. The minimum atomic E-state index is -0.503. The first-order chi connectivity index (χ1) is 18.5. The second-order valence-electron chi connectivity index (χ2n) is 7.99. The van der Waals surface area contributed by atoms with Gasteiger partial charge in [0.05, 0.1) is 5.75 Å². The van der Waals surface area contributed by atoms with E-state index < -0.39 is 11.8 Å². The van der Waals surface area contributed by atoms with Crippen LogP contribution in [-0.4, -0.2) is 28.5 Å². The number of anilines is 2. The molecule has 0 aliphatic heterocycles. The van der Waals surface area contributed by atoms with Gasteiger partial charge in [0.2, 0.25) is 5.91 Å². The first-order valence-corrected chi connectivity index (χ1v) is 12.5. The van der Waals surface area contributed by atoms with Gasteiger partial charge in [-0.05, 0) is 78.4 Å². The van der Waals surface area contributed by atoms with E-state index in [1.807, 2.05) is 0 Å². The zero-order valence-electron chi connectivity index (χ0n) is 20.1. The highest BCUT2D eigenvalue weighted by molar-refractivity contribution is 8.00. The Morgan fingerprint density at radius 1 is 0.816 bits per heavy atom. The highest BCUT2D eigenvalue weighted by Gasteiger charge is 2.15. The minimum absolute atomic E-state index is 0.0581. The molecule has 4 rings (SSSR count). The molecule has 4 aromatic rings. The molecule has 0 atom stereocenters.